The number of nitrogens with two attached hydrogens (primary N) is 1. The Bertz CT molecular complexity index is 792. The Kier molecular flexibility index (Phi) is 4.70. The predicted molar refractivity (Wildman–Crippen MR) is 90.5 cm³/mol. The molecule has 2 heterocycles. The van der Waals surface area contributed by atoms with Crippen molar-refractivity contribution in [2.24, 2.45) is 5.14 Å². The number of hydrogen-bond acceptors (Lipinski definition) is 4. The molecule has 0 atom stereocenters. The summed E-state index contributed by atoms with van der Waals surface area (Å²) in [5.74, 6) is 1.02. The second-order valence-electron chi connectivity index (χ2n) is 6.21. The number of rotatable bonds is 6. The highest BCUT2D eigenvalue weighted by atomic mass is 32.2. The molecule has 0 saturated carbocycles. The molecule has 2 aromatic rings. The molecule has 3 rings (SSSR count). The van der Waals surface area contributed by atoms with E-state index in [4.69, 9.17) is 10.1 Å². The van der Waals surface area contributed by atoms with Crippen molar-refractivity contribution in [1.82, 2.24) is 14.5 Å². The lowest BCUT2D eigenvalue weighted by Crippen LogP contribution is -2.21. The highest BCUT2D eigenvalue weighted by Crippen LogP contribution is 2.22. The van der Waals surface area contributed by atoms with Crippen molar-refractivity contribution in [1.29, 1.82) is 0 Å². The molecule has 0 unspecified atom stereocenters. The maximum absolute atomic E-state index is 11.6. The Labute approximate surface area is 137 Å². The van der Waals surface area contributed by atoms with Crippen LogP contribution in [-0.4, -0.2) is 36.0 Å². The van der Waals surface area contributed by atoms with E-state index in [0.717, 1.165) is 50.4 Å². The molecule has 0 amide bonds. The second-order valence-corrected chi connectivity index (χ2v) is 7.77. The molecule has 2 N–H and O–H groups in total. The molecule has 1 aliphatic rings. The quantitative estimate of drug-likeness (QED) is 0.875. The minimum Gasteiger partial charge on any atom is -0.327 e. The van der Waals surface area contributed by atoms with E-state index in [1.807, 2.05) is 6.07 Å². The average molecular weight is 336 g/mol. The van der Waals surface area contributed by atoms with Crippen LogP contribution in [0, 0.1) is 0 Å². The molecule has 7 heteroatoms. The van der Waals surface area contributed by atoms with E-state index in [0.29, 0.717) is 5.52 Å². The summed E-state index contributed by atoms with van der Waals surface area (Å²) in [6.45, 7) is 6.12. The minimum atomic E-state index is -3.70. The van der Waals surface area contributed by atoms with Crippen molar-refractivity contribution >= 4 is 21.1 Å². The van der Waals surface area contributed by atoms with Gasteiger partial charge in [-0.15, -0.1) is 0 Å². The summed E-state index contributed by atoms with van der Waals surface area (Å²) in [5, 5.41) is 5.23. The zero-order valence-corrected chi connectivity index (χ0v) is 14.3. The van der Waals surface area contributed by atoms with Crippen LogP contribution in [0.15, 0.2) is 23.1 Å². The number of sulfonamides is 1. The van der Waals surface area contributed by atoms with Gasteiger partial charge >= 0.3 is 0 Å². The number of benzene rings is 1. The van der Waals surface area contributed by atoms with Gasteiger partial charge in [0.2, 0.25) is 10.0 Å². The zero-order chi connectivity index (χ0) is 16.4. The summed E-state index contributed by atoms with van der Waals surface area (Å²) < 4.78 is 25.3. The first-order chi connectivity index (χ1) is 11.0. The highest BCUT2D eigenvalue weighted by molar-refractivity contribution is 7.89. The molecule has 6 nitrogen and oxygen atoms in total. The van der Waals surface area contributed by atoms with Crippen LogP contribution in [0.25, 0.3) is 11.0 Å². The van der Waals surface area contributed by atoms with Crippen molar-refractivity contribution in [2.45, 2.75) is 50.6 Å². The fourth-order valence-electron chi connectivity index (χ4n) is 3.16. The molecule has 1 aromatic heterocycles. The van der Waals surface area contributed by atoms with Crippen LogP contribution in [0.4, 0.5) is 0 Å². The standard InChI is InChI=1S/C16H24N4O2S/c1-2-3-10-20-15-7-6-13(23(17,21)22)11-14(15)18-16(20)12-19-8-4-5-9-19/h6-7,11H,2-5,8-10,12H2,1H3,(H2,17,21,22). The van der Waals surface area contributed by atoms with Crippen LogP contribution in [0.3, 0.4) is 0 Å². The lowest BCUT2D eigenvalue weighted by atomic mass is 10.3. The zero-order valence-electron chi connectivity index (χ0n) is 13.5. The van der Waals surface area contributed by atoms with E-state index in [1.54, 1.807) is 12.1 Å². The van der Waals surface area contributed by atoms with Crippen LogP contribution in [0.5, 0.6) is 0 Å². The van der Waals surface area contributed by atoms with Crippen molar-refractivity contribution in [3.8, 4) is 0 Å². The molecule has 0 radical (unpaired) electrons. The smallest absolute Gasteiger partial charge is 0.238 e. The topological polar surface area (TPSA) is 81.2 Å². The van der Waals surface area contributed by atoms with Gasteiger partial charge in [0.15, 0.2) is 0 Å². The molecule has 0 spiro atoms. The van der Waals surface area contributed by atoms with Gasteiger partial charge in [0.05, 0.1) is 22.5 Å². The van der Waals surface area contributed by atoms with Crippen molar-refractivity contribution < 1.29 is 8.42 Å². The van der Waals surface area contributed by atoms with E-state index in [1.165, 1.54) is 12.8 Å². The Morgan fingerprint density at radius 3 is 2.65 bits per heavy atom. The van der Waals surface area contributed by atoms with Gasteiger partial charge in [0.1, 0.15) is 5.82 Å². The van der Waals surface area contributed by atoms with E-state index in [9.17, 15) is 8.42 Å². The fraction of sp³-hybridized carbons (Fsp3) is 0.562. The third-order valence-electron chi connectivity index (χ3n) is 4.43. The van der Waals surface area contributed by atoms with Crippen molar-refractivity contribution in [2.75, 3.05) is 13.1 Å². The van der Waals surface area contributed by atoms with E-state index < -0.39 is 10.0 Å². The number of fused-ring (bicyclic) bond motifs is 1. The fourth-order valence-corrected chi connectivity index (χ4v) is 3.70. The molecule has 0 bridgehead atoms. The summed E-state index contributed by atoms with van der Waals surface area (Å²) in [4.78, 5) is 7.23. The van der Waals surface area contributed by atoms with Crippen LogP contribution in [0.1, 0.15) is 38.4 Å². The van der Waals surface area contributed by atoms with Crippen molar-refractivity contribution in [3.63, 3.8) is 0 Å². The SMILES string of the molecule is CCCCn1c(CN2CCCC2)nc2cc(S(N)(=O)=O)ccc21. The first-order valence-corrected chi connectivity index (χ1v) is 9.78. The van der Waals surface area contributed by atoms with Gasteiger partial charge in [-0.3, -0.25) is 4.90 Å². The molecule has 126 valence electrons. The molecular weight excluding hydrogens is 312 g/mol. The van der Waals surface area contributed by atoms with Gasteiger partial charge in [-0.2, -0.15) is 0 Å². The number of likely N-dealkylation sites (tertiary alicyclic amines) is 1. The van der Waals surface area contributed by atoms with Crippen LogP contribution in [-0.2, 0) is 23.1 Å². The molecule has 0 aliphatic carbocycles. The number of aromatic nitrogens is 2. The third kappa shape index (κ3) is 3.57. The van der Waals surface area contributed by atoms with E-state index in [2.05, 4.69) is 16.4 Å². The molecule has 1 fully saturated rings. The molecule has 1 saturated heterocycles. The number of aryl methyl sites for hydroxylation is 1. The van der Waals surface area contributed by atoms with E-state index >= 15 is 0 Å². The Morgan fingerprint density at radius 1 is 1.26 bits per heavy atom. The molecule has 1 aromatic carbocycles. The molecule has 1 aliphatic heterocycles. The van der Waals surface area contributed by atoms with Crippen LogP contribution < -0.4 is 5.14 Å². The maximum Gasteiger partial charge on any atom is 0.238 e. The van der Waals surface area contributed by atoms with Gasteiger partial charge in [0, 0.05) is 6.54 Å². The lowest BCUT2D eigenvalue weighted by molar-refractivity contribution is 0.316. The number of hydrogen-bond donors (Lipinski definition) is 1. The van der Waals surface area contributed by atoms with Gasteiger partial charge in [0.25, 0.3) is 0 Å². The third-order valence-corrected chi connectivity index (χ3v) is 5.34. The lowest BCUT2D eigenvalue weighted by Gasteiger charge is -2.15. The summed E-state index contributed by atoms with van der Waals surface area (Å²) in [6.07, 6.45) is 4.67. The average Bonchev–Trinajstić information content (AvgIpc) is 3.11. The first-order valence-electron chi connectivity index (χ1n) is 8.23. The second kappa shape index (κ2) is 6.59. The van der Waals surface area contributed by atoms with Gasteiger partial charge in [-0.1, -0.05) is 13.3 Å². The van der Waals surface area contributed by atoms with Crippen molar-refractivity contribution in [3.05, 3.63) is 24.0 Å². The minimum absolute atomic E-state index is 0.123. The molecular formula is C16H24N4O2S. The monoisotopic (exact) mass is 336 g/mol. The highest BCUT2D eigenvalue weighted by Gasteiger charge is 2.18. The largest absolute Gasteiger partial charge is 0.327 e. The Hall–Kier alpha value is -1.44. The van der Waals surface area contributed by atoms with Gasteiger partial charge in [-0.05, 0) is 50.6 Å². The van der Waals surface area contributed by atoms with Crippen LogP contribution >= 0.6 is 0 Å². The normalized spacial score (nSPS) is 16.4. The Balaban J connectivity index is 2.01. The number of nitrogens with zero attached hydrogens (tertiary/aromatic N) is 3. The van der Waals surface area contributed by atoms with Gasteiger partial charge < -0.3 is 4.57 Å². The first kappa shape index (κ1) is 16.4. The van der Waals surface area contributed by atoms with E-state index in [-0.39, 0.29) is 4.90 Å². The molecule has 23 heavy (non-hydrogen) atoms. The summed E-state index contributed by atoms with van der Waals surface area (Å²) >= 11 is 0. The number of unbranched alkanes of at least 4 members (excludes halogenated alkanes) is 1. The summed E-state index contributed by atoms with van der Waals surface area (Å²) in [6, 6.07) is 4.98. The Morgan fingerprint density at radius 2 is 2.00 bits per heavy atom. The maximum atomic E-state index is 11.6. The number of imidazole rings is 1. The predicted octanol–water partition coefficient (Wildman–Crippen LogP) is 2.08. The van der Waals surface area contributed by atoms with Gasteiger partial charge in [-0.25, -0.2) is 18.5 Å². The summed E-state index contributed by atoms with van der Waals surface area (Å²) in [5.41, 5.74) is 1.70. The number of primary sulfonamides is 1. The summed E-state index contributed by atoms with van der Waals surface area (Å²) in [7, 11) is -3.70. The van der Waals surface area contributed by atoms with Crippen LogP contribution in [0.2, 0.25) is 0 Å².